The van der Waals surface area contributed by atoms with Crippen LogP contribution >= 0.6 is 11.6 Å². The number of amides is 1. The fourth-order valence-electron chi connectivity index (χ4n) is 2.52. The minimum absolute atomic E-state index is 0.212. The normalized spacial score (nSPS) is 13.7. The van der Waals surface area contributed by atoms with Crippen LogP contribution in [0, 0.1) is 0 Å². The van der Waals surface area contributed by atoms with E-state index in [1.165, 1.54) is 0 Å². The standard InChI is InChI=1S/C17H14ClN5O/c18-13-5-1-4-12(9-13)17(24)19-14-6-2-3-11(10-14)16-20-21-22-23(16)15-7-8-15/h1-6,9-10,15H,7-8H2,(H,19,24). The molecular formula is C17H14ClN5O. The van der Waals surface area contributed by atoms with Gasteiger partial charge >= 0.3 is 0 Å². The maximum absolute atomic E-state index is 12.3. The summed E-state index contributed by atoms with van der Waals surface area (Å²) in [5.41, 5.74) is 2.06. The third-order valence-electron chi connectivity index (χ3n) is 3.85. The molecule has 0 radical (unpaired) electrons. The van der Waals surface area contributed by atoms with Crippen molar-refractivity contribution in [1.29, 1.82) is 0 Å². The molecule has 0 saturated heterocycles. The minimum Gasteiger partial charge on any atom is -0.322 e. The van der Waals surface area contributed by atoms with Gasteiger partial charge in [0.05, 0.1) is 6.04 Å². The summed E-state index contributed by atoms with van der Waals surface area (Å²) >= 11 is 5.93. The topological polar surface area (TPSA) is 72.7 Å². The first-order chi connectivity index (χ1) is 11.7. The third-order valence-corrected chi connectivity index (χ3v) is 4.09. The maximum atomic E-state index is 12.3. The van der Waals surface area contributed by atoms with Crippen molar-refractivity contribution >= 4 is 23.2 Å². The van der Waals surface area contributed by atoms with Gasteiger partial charge in [-0.3, -0.25) is 4.79 Å². The Morgan fingerprint density at radius 3 is 2.79 bits per heavy atom. The number of hydrogen-bond acceptors (Lipinski definition) is 4. The number of halogens is 1. The molecule has 1 N–H and O–H groups in total. The molecule has 2 aromatic carbocycles. The zero-order valence-corrected chi connectivity index (χ0v) is 13.4. The molecule has 0 aliphatic heterocycles. The predicted octanol–water partition coefficient (Wildman–Crippen LogP) is 3.58. The first kappa shape index (κ1) is 14.8. The lowest BCUT2D eigenvalue weighted by atomic mass is 10.1. The molecular weight excluding hydrogens is 326 g/mol. The average molecular weight is 340 g/mol. The van der Waals surface area contributed by atoms with Crippen LogP contribution in [0.2, 0.25) is 5.02 Å². The van der Waals surface area contributed by atoms with Gasteiger partial charge in [0.25, 0.3) is 5.91 Å². The van der Waals surface area contributed by atoms with Crippen molar-refractivity contribution in [2.24, 2.45) is 0 Å². The van der Waals surface area contributed by atoms with E-state index in [1.807, 2.05) is 28.9 Å². The number of aromatic nitrogens is 4. The quantitative estimate of drug-likeness (QED) is 0.788. The summed E-state index contributed by atoms with van der Waals surface area (Å²) in [5.74, 6) is 0.507. The Labute approximate surface area is 143 Å². The lowest BCUT2D eigenvalue weighted by Crippen LogP contribution is -2.11. The molecule has 7 heteroatoms. The van der Waals surface area contributed by atoms with Crippen molar-refractivity contribution < 1.29 is 4.79 Å². The van der Waals surface area contributed by atoms with Crippen LogP contribution < -0.4 is 5.32 Å². The Hall–Kier alpha value is -2.73. The van der Waals surface area contributed by atoms with E-state index in [0.29, 0.717) is 22.3 Å². The van der Waals surface area contributed by atoms with Gasteiger partial charge in [0.2, 0.25) is 0 Å². The number of anilines is 1. The monoisotopic (exact) mass is 339 g/mol. The van der Waals surface area contributed by atoms with Crippen LogP contribution in [0.4, 0.5) is 5.69 Å². The van der Waals surface area contributed by atoms with Gasteiger partial charge in [-0.2, -0.15) is 0 Å². The van der Waals surface area contributed by atoms with Crippen LogP contribution in [0.5, 0.6) is 0 Å². The van der Waals surface area contributed by atoms with E-state index in [-0.39, 0.29) is 5.91 Å². The number of nitrogens with one attached hydrogen (secondary N) is 1. The Bertz CT molecular complexity index is 903. The molecule has 1 aliphatic carbocycles. The molecule has 1 aliphatic rings. The Kier molecular flexibility index (Phi) is 3.74. The number of rotatable bonds is 4. The highest BCUT2D eigenvalue weighted by molar-refractivity contribution is 6.31. The Balaban J connectivity index is 1.58. The van der Waals surface area contributed by atoms with Crippen LogP contribution in [0.25, 0.3) is 11.4 Å². The Morgan fingerprint density at radius 2 is 2.00 bits per heavy atom. The van der Waals surface area contributed by atoms with E-state index in [1.54, 1.807) is 24.3 Å². The molecule has 1 amide bonds. The van der Waals surface area contributed by atoms with Crippen LogP contribution in [-0.4, -0.2) is 26.1 Å². The molecule has 1 aromatic heterocycles. The van der Waals surface area contributed by atoms with E-state index in [9.17, 15) is 4.79 Å². The molecule has 120 valence electrons. The molecule has 1 saturated carbocycles. The minimum atomic E-state index is -0.212. The molecule has 0 unspecified atom stereocenters. The van der Waals surface area contributed by atoms with Gasteiger partial charge in [-0.15, -0.1) is 5.10 Å². The first-order valence-corrected chi connectivity index (χ1v) is 8.04. The van der Waals surface area contributed by atoms with Crippen molar-refractivity contribution in [2.75, 3.05) is 5.32 Å². The van der Waals surface area contributed by atoms with E-state index in [0.717, 1.165) is 24.2 Å². The summed E-state index contributed by atoms with van der Waals surface area (Å²) in [6, 6.07) is 14.7. The zero-order chi connectivity index (χ0) is 16.5. The van der Waals surface area contributed by atoms with Gasteiger partial charge in [0.1, 0.15) is 0 Å². The van der Waals surface area contributed by atoms with E-state index in [4.69, 9.17) is 11.6 Å². The van der Waals surface area contributed by atoms with E-state index in [2.05, 4.69) is 20.8 Å². The molecule has 24 heavy (non-hydrogen) atoms. The molecule has 1 fully saturated rings. The summed E-state index contributed by atoms with van der Waals surface area (Å²) in [6.45, 7) is 0. The summed E-state index contributed by atoms with van der Waals surface area (Å²) in [5, 5.41) is 15.3. The second kappa shape index (κ2) is 6.05. The molecule has 0 atom stereocenters. The molecule has 1 heterocycles. The zero-order valence-electron chi connectivity index (χ0n) is 12.7. The maximum Gasteiger partial charge on any atom is 0.255 e. The van der Waals surface area contributed by atoms with Gasteiger partial charge in [-0.1, -0.05) is 29.8 Å². The van der Waals surface area contributed by atoms with Crippen molar-refractivity contribution in [3.8, 4) is 11.4 Å². The van der Waals surface area contributed by atoms with Crippen LogP contribution in [0.3, 0.4) is 0 Å². The summed E-state index contributed by atoms with van der Waals surface area (Å²) in [4.78, 5) is 12.3. The first-order valence-electron chi connectivity index (χ1n) is 7.66. The lowest BCUT2D eigenvalue weighted by molar-refractivity contribution is 0.102. The van der Waals surface area contributed by atoms with E-state index >= 15 is 0 Å². The number of carbonyl (C=O) groups excluding carboxylic acids is 1. The molecule has 4 rings (SSSR count). The lowest BCUT2D eigenvalue weighted by Gasteiger charge is -2.08. The number of benzene rings is 2. The van der Waals surface area contributed by atoms with Crippen molar-refractivity contribution in [1.82, 2.24) is 20.2 Å². The molecule has 3 aromatic rings. The Morgan fingerprint density at radius 1 is 1.17 bits per heavy atom. The number of hydrogen-bond donors (Lipinski definition) is 1. The second-order valence-corrected chi connectivity index (χ2v) is 6.16. The van der Waals surface area contributed by atoms with Crippen molar-refractivity contribution in [2.45, 2.75) is 18.9 Å². The van der Waals surface area contributed by atoms with E-state index < -0.39 is 0 Å². The van der Waals surface area contributed by atoms with Crippen LogP contribution in [0.1, 0.15) is 29.2 Å². The van der Waals surface area contributed by atoms with Gasteiger partial charge in [-0.05, 0) is 53.6 Å². The largest absolute Gasteiger partial charge is 0.322 e. The summed E-state index contributed by atoms with van der Waals surface area (Å²) in [6.07, 6.45) is 2.20. The fraction of sp³-hybridized carbons (Fsp3) is 0.176. The SMILES string of the molecule is O=C(Nc1cccc(-c2nnnn2C2CC2)c1)c1cccc(Cl)c1. The molecule has 0 bridgehead atoms. The number of carbonyl (C=O) groups is 1. The molecule has 0 spiro atoms. The molecule has 6 nitrogen and oxygen atoms in total. The van der Waals surface area contributed by atoms with Crippen molar-refractivity contribution in [3.63, 3.8) is 0 Å². The third kappa shape index (κ3) is 3.00. The van der Waals surface area contributed by atoms with Crippen LogP contribution in [-0.2, 0) is 0 Å². The van der Waals surface area contributed by atoms with Gasteiger partial charge < -0.3 is 5.32 Å². The second-order valence-electron chi connectivity index (χ2n) is 5.72. The number of nitrogens with zero attached hydrogens (tertiary/aromatic N) is 4. The highest BCUT2D eigenvalue weighted by Gasteiger charge is 2.28. The highest BCUT2D eigenvalue weighted by Crippen LogP contribution is 2.36. The van der Waals surface area contributed by atoms with Crippen LogP contribution in [0.15, 0.2) is 48.5 Å². The summed E-state index contributed by atoms with van der Waals surface area (Å²) < 4.78 is 1.85. The van der Waals surface area contributed by atoms with Gasteiger partial charge in [0, 0.05) is 21.8 Å². The number of tetrazole rings is 1. The average Bonchev–Trinajstić information content (AvgIpc) is 3.32. The van der Waals surface area contributed by atoms with Gasteiger partial charge in [0.15, 0.2) is 5.82 Å². The predicted molar refractivity (Wildman–Crippen MR) is 90.9 cm³/mol. The highest BCUT2D eigenvalue weighted by atomic mass is 35.5. The van der Waals surface area contributed by atoms with Gasteiger partial charge in [-0.25, -0.2) is 4.68 Å². The van der Waals surface area contributed by atoms with Crippen molar-refractivity contribution in [3.05, 3.63) is 59.1 Å². The smallest absolute Gasteiger partial charge is 0.255 e. The summed E-state index contributed by atoms with van der Waals surface area (Å²) in [7, 11) is 0. The fourth-order valence-corrected chi connectivity index (χ4v) is 2.71.